The predicted octanol–water partition coefficient (Wildman–Crippen LogP) is -1.68. The highest BCUT2D eigenvalue weighted by Crippen LogP contribution is 2.44. The number of carbonyl (C=O) groups is 2. The van der Waals surface area contributed by atoms with E-state index in [1.165, 1.54) is 14.1 Å². The van der Waals surface area contributed by atoms with Gasteiger partial charge in [-0.1, -0.05) is 37.3 Å². The molecule has 11 heteroatoms. The van der Waals surface area contributed by atoms with Crippen LogP contribution < -0.4 is 10.6 Å². The molecule has 3 rings (SSSR count). The minimum Gasteiger partial charge on any atom is -0.396 e. The van der Waals surface area contributed by atoms with Gasteiger partial charge in [0.1, 0.15) is 18.3 Å². The van der Waals surface area contributed by atoms with Crippen LogP contribution in [-0.4, -0.2) is 106 Å². The molecule has 214 valence electrons. The molecule has 1 aliphatic heterocycles. The van der Waals surface area contributed by atoms with E-state index in [0.717, 1.165) is 0 Å². The Hall–Kier alpha value is -2.12. The van der Waals surface area contributed by atoms with E-state index in [1.54, 1.807) is 30.3 Å². The lowest BCUT2D eigenvalue weighted by Gasteiger charge is -2.50. The van der Waals surface area contributed by atoms with Gasteiger partial charge in [0.25, 0.3) is 0 Å². The third-order valence-electron chi connectivity index (χ3n) is 8.46. The third kappa shape index (κ3) is 5.60. The summed E-state index contributed by atoms with van der Waals surface area (Å²) in [4.78, 5) is 26.8. The Morgan fingerprint density at radius 1 is 0.895 bits per heavy atom. The molecular formula is C27H42N2O9. The number of amides is 2. The Balaban J connectivity index is 1.96. The standard InChI is InChI=1S/C27H42N2O9/c1-4-18-17(11-15-10-16(13-30)20(32)22(34)19(15)31)21(33)23(35)24(38-18)27(25(36)28-2,26(37)29-3)12-14-8-6-5-7-9-14/h5-9,15-24,30-35H,4,10-13H2,1-3H3,(H,28,36)(H,29,37)/t15-,16-,17-,18-,19+,20-,21?,22-,23-,24?/m1/s1. The van der Waals surface area contributed by atoms with Crippen molar-refractivity contribution in [1.29, 1.82) is 0 Å². The molecule has 2 aliphatic rings. The Bertz CT molecular complexity index is 912. The highest BCUT2D eigenvalue weighted by atomic mass is 16.5. The first-order valence-corrected chi connectivity index (χ1v) is 13.2. The van der Waals surface area contributed by atoms with Gasteiger partial charge < -0.3 is 46.0 Å². The molecule has 1 aromatic rings. The second-order valence-corrected chi connectivity index (χ2v) is 10.6. The van der Waals surface area contributed by atoms with Crippen LogP contribution in [0.15, 0.2) is 30.3 Å². The average molecular weight is 539 g/mol. The summed E-state index contributed by atoms with van der Waals surface area (Å²) < 4.78 is 6.32. The van der Waals surface area contributed by atoms with Gasteiger partial charge in [-0.05, 0) is 37.2 Å². The van der Waals surface area contributed by atoms with E-state index < -0.39 is 77.7 Å². The van der Waals surface area contributed by atoms with Gasteiger partial charge in [0.2, 0.25) is 11.8 Å². The van der Waals surface area contributed by atoms with Crippen molar-refractivity contribution in [1.82, 2.24) is 10.6 Å². The monoisotopic (exact) mass is 538 g/mol. The zero-order valence-electron chi connectivity index (χ0n) is 22.1. The Morgan fingerprint density at radius 3 is 2.00 bits per heavy atom. The number of benzene rings is 1. The quantitative estimate of drug-likeness (QED) is 0.170. The molecule has 0 bridgehead atoms. The maximum atomic E-state index is 13.4. The van der Waals surface area contributed by atoms with Gasteiger partial charge in [0.15, 0.2) is 5.41 Å². The van der Waals surface area contributed by atoms with Gasteiger partial charge in [-0.25, -0.2) is 0 Å². The van der Waals surface area contributed by atoms with Crippen LogP contribution in [0.3, 0.4) is 0 Å². The van der Waals surface area contributed by atoms with Gasteiger partial charge in [0.05, 0.1) is 24.4 Å². The molecule has 0 radical (unpaired) electrons. The molecule has 1 aromatic carbocycles. The smallest absolute Gasteiger partial charge is 0.238 e. The molecule has 8 N–H and O–H groups in total. The van der Waals surface area contributed by atoms with Crippen molar-refractivity contribution >= 4 is 11.8 Å². The molecule has 1 aliphatic carbocycles. The maximum Gasteiger partial charge on any atom is 0.238 e. The molecule has 1 saturated heterocycles. The summed E-state index contributed by atoms with van der Waals surface area (Å²) in [5.74, 6) is -3.31. The number of carbonyl (C=O) groups excluding carboxylic acids is 2. The SMILES string of the molecule is CC[C@H]1OC(C(Cc2ccccc2)(C(=O)NC)C(=O)NC)[C@H](O)C(O)[C@@H]1C[C@H]1C[C@H](CO)[C@@H](O)[C@H](O)[C@H]1O. The molecule has 10 atom stereocenters. The normalized spacial score (nSPS) is 35.9. The van der Waals surface area contributed by atoms with Crippen molar-refractivity contribution < 1.29 is 45.0 Å². The highest BCUT2D eigenvalue weighted by Gasteiger charge is 2.60. The lowest BCUT2D eigenvalue weighted by molar-refractivity contribution is -0.237. The molecule has 2 fully saturated rings. The van der Waals surface area contributed by atoms with Crippen LogP contribution in [0.4, 0.5) is 0 Å². The molecule has 2 amide bonds. The molecule has 1 heterocycles. The number of aliphatic hydroxyl groups is 6. The average Bonchev–Trinajstić information content (AvgIpc) is 2.94. The van der Waals surface area contributed by atoms with E-state index in [1.807, 2.05) is 6.92 Å². The largest absolute Gasteiger partial charge is 0.396 e. The van der Waals surface area contributed by atoms with E-state index in [4.69, 9.17) is 4.74 Å². The molecular weight excluding hydrogens is 496 g/mol. The first-order valence-electron chi connectivity index (χ1n) is 13.2. The fraction of sp³-hybridized carbons (Fsp3) is 0.704. The van der Waals surface area contributed by atoms with Crippen molar-refractivity contribution in [3.63, 3.8) is 0 Å². The van der Waals surface area contributed by atoms with E-state index >= 15 is 0 Å². The Labute approximate surface area is 222 Å². The summed E-state index contributed by atoms with van der Waals surface area (Å²) in [6.45, 7) is 1.43. The summed E-state index contributed by atoms with van der Waals surface area (Å²) in [6, 6.07) is 8.86. The number of aliphatic hydroxyl groups excluding tert-OH is 6. The van der Waals surface area contributed by atoms with Crippen LogP contribution >= 0.6 is 0 Å². The fourth-order valence-corrected chi connectivity index (χ4v) is 6.30. The van der Waals surface area contributed by atoms with Crippen LogP contribution in [0.25, 0.3) is 0 Å². The number of hydrogen-bond acceptors (Lipinski definition) is 9. The van der Waals surface area contributed by atoms with Crippen LogP contribution in [0, 0.1) is 23.2 Å². The summed E-state index contributed by atoms with van der Waals surface area (Å²) in [5.41, 5.74) is -1.25. The molecule has 0 aromatic heterocycles. The number of hydrogen-bond donors (Lipinski definition) is 8. The predicted molar refractivity (Wildman–Crippen MR) is 136 cm³/mol. The van der Waals surface area contributed by atoms with Crippen molar-refractivity contribution in [2.45, 2.75) is 75.3 Å². The molecule has 2 unspecified atom stereocenters. The van der Waals surface area contributed by atoms with E-state index in [2.05, 4.69) is 10.6 Å². The second-order valence-electron chi connectivity index (χ2n) is 10.6. The lowest BCUT2D eigenvalue weighted by atomic mass is 9.66. The number of ether oxygens (including phenoxy) is 1. The van der Waals surface area contributed by atoms with Crippen LogP contribution in [0.5, 0.6) is 0 Å². The van der Waals surface area contributed by atoms with Crippen molar-refractivity contribution in [2.24, 2.45) is 23.2 Å². The van der Waals surface area contributed by atoms with Gasteiger partial charge in [-0.15, -0.1) is 0 Å². The Kier molecular flexibility index (Phi) is 10.3. The zero-order valence-corrected chi connectivity index (χ0v) is 22.1. The van der Waals surface area contributed by atoms with Crippen LogP contribution in [0.1, 0.15) is 31.7 Å². The summed E-state index contributed by atoms with van der Waals surface area (Å²) in [7, 11) is 2.77. The van der Waals surface area contributed by atoms with Crippen LogP contribution in [-0.2, 0) is 20.7 Å². The van der Waals surface area contributed by atoms with Crippen molar-refractivity contribution in [3.8, 4) is 0 Å². The van der Waals surface area contributed by atoms with Gasteiger partial charge in [0, 0.05) is 32.5 Å². The zero-order chi connectivity index (χ0) is 28.2. The van der Waals surface area contributed by atoms with E-state index in [-0.39, 0.29) is 25.9 Å². The van der Waals surface area contributed by atoms with Gasteiger partial charge in [-0.2, -0.15) is 0 Å². The Morgan fingerprint density at radius 2 is 1.47 bits per heavy atom. The highest BCUT2D eigenvalue weighted by molar-refractivity contribution is 6.06. The molecule has 11 nitrogen and oxygen atoms in total. The van der Waals surface area contributed by atoms with Crippen molar-refractivity contribution in [3.05, 3.63) is 35.9 Å². The van der Waals surface area contributed by atoms with Crippen molar-refractivity contribution in [2.75, 3.05) is 20.7 Å². The first-order chi connectivity index (χ1) is 18.1. The number of nitrogens with one attached hydrogen (secondary N) is 2. The minimum absolute atomic E-state index is 0.0909. The van der Waals surface area contributed by atoms with Gasteiger partial charge in [-0.3, -0.25) is 9.59 Å². The van der Waals surface area contributed by atoms with Gasteiger partial charge >= 0.3 is 0 Å². The minimum atomic E-state index is -1.91. The maximum absolute atomic E-state index is 13.4. The topological polar surface area (TPSA) is 189 Å². The summed E-state index contributed by atoms with van der Waals surface area (Å²) in [6.07, 6.45) is -8.62. The third-order valence-corrected chi connectivity index (χ3v) is 8.46. The summed E-state index contributed by atoms with van der Waals surface area (Å²) >= 11 is 0. The molecule has 1 saturated carbocycles. The molecule has 0 spiro atoms. The van der Waals surface area contributed by atoms with E-state index in [0.29, 0.717) is 12.0 Å². The fourth-order valence-electron chi connectivity index (χ4n) is 6.30. The first kappa shape index (κ1) is 30.4. The second kappa shape index (κ2) is 12.8. The van der Waals surface area contributed by atoms with Crippen LogP contribution in [0.2, 0.25) is 0 Å². The lowest BCUT2D eigenvalue weighted by Crippen LogP contribution is -2.68. The summed E-state index contributed by atoms with van der Waals surface area (Å²) in [5, 5.41) is 68.6. The van der Waals surface area contributed by atoms with E-state index in [9.17, 15) is 40.2 Å². The number of rotatable bonds is 9. The molecule has 38 heavy (non-hydrogen) atoms.